The van der Waals surface area contributed by atoms with Crippen LogP contribution in [0.4, 0.5) is 30.7 Å². The zero-order chi connectivity index (χ0) is 22.2. The van der Waals surface area contributed by atoms with Crippen molar-refractivity contribution in [1.29, 1.82) is 0 Å². The fourth-order valence-electron chi connectivity index (χ4n) is 2.65. The molecule has 0 rings (SSSR count). The number of hydrogen-bond acceptors (Lipinski definition) is 5. The van der Waals surface area contributed by atoms with Gasteiger partial charge in [0.25, 0.3) is 0 Å². The molecule has 0 aliphatic carbocycles. The molecule has 0 aromatic heterocycles. The summed E-state index contributed by atoms with van der Waals surface area (Å²) in [6.45, 7) is -4.68. The fraction of sp³-hybridized carbons (Fsp3) is 1.00. The lowest BCUT2D eigenvalue weighted by atomic mass is 10.0. The molecule has 28 heavy (non-hydrogen) atoms. The summed E-state index contributed by atoms with van der Waals surface area (Å²) in [5.41, 5.74) is 0. The Hall–Kier alpha value is -0.730. The molecule has 0 saturated carbocycles. The number of aliphatic hydroxyl groups is 4. The Morgan fingerprint density at radius 2 is 1.32 bits per heavy atom. The van der Waals surface area contributed by atoms with E-state index in [9.17, 15) is 35.8 Å². The van der Waals surface area contributed by atoms with Crippen molar-refractivity contribution in [2.45, 2.75) is 37.0 Å². The van der Waals surface area contributed by atoms with E-state index >= 15 is 0 Å². The highest BCUT2D eigenvalue weighted by Crippen LogP contribution is 2.48. The largest absolute Gasteiger partial charge is 0.391 e. The fourth-order valence-corrected chi connectivity index (χ4v) is 2.65. The van der Waals surface area contributed by atoms with Crippen LogP contribution >= 0.6 is 0 Å². The van der Waals surface area contributed by atoms with Gasteiger partial charge in [-0.05, 0) is 6.92 Å². The van der Waals surface area contributed by atoms with E-state index in [4.69, 9.17) is 15.3 Å². The van der Waals surface area contributed by atoms with E-state index in [0.717, 1.165) is 0 Å². The third-order valence-corrected chi connectivity index (χ3v) is 4.29. The molecule has 0 heterocycles. The lowest BCUT2D eigenvalue weighted by Crippen LogP contribution is -2.60. The second-order valence-corrected chi connectivity index (χ2v) is 6.55. The molecule has 0 fully saturated rings. The molecule has 0 aromatic rings. The van der Waals surface area contributed by atoms with Gasteiger partial charge in [-0.2, -0.15) is 26.3 Å². The molecule has 0 aromatic carbocycles. The van der Waals surface area contributed by atoms with Crippen molar-refractivity contribution in [2.24, 2.45) is 0 Å². The summed E-state index contributed by atoms with van der Waals surface area (Å²) in [4.78, 5) is 0. The predicted molar refractivity (Wildman–Crippen MR) is 83.2 cm³/mol. The van der Waals surface area contributed by atoms with Gasteiger partial charge in [-0.3, -0.25) is 0 Å². The van der Waals surface area contributed by atoms with Crippen LogP contribution in [0.1, 0.15) is 6.92 Å². The van der Waals surface area contributed by atoms with Crippen LogP contribution < -0.4 is 0 Å². The van der Waals surface area contributed by atoms with Crippen LogP contribution in [0, 0.1) is 0 Å². The number of nitrogens with zero attached hydrogens (tertiary/aromatic N) is 1. The molecule has 0 saturated heterocycles. The minimum absolute atomic E-state index is 0.0208. The van der Waals surface area contributed by atoms with Gasteiger partial charge in [-0.1, -0.05) is 0 Å². The average molecular weight is 434 g/mol. The maximum atomic E-state index is 13.5. The van der Waals surface area contributed by atoms with E-state index in [0.29, 0.717) is 0 Å². The molecule has 170 valence electrons. The van der Waals surface area contributed by atoms with Gasteiger partial charge >= 0.3 is 17.8 Å². The summed E-state index contributed by atoms with van der Waals surface area (Å²) in [7, 11) is 0. The van der Waals surface area contributed by atoms with Crippen molar-refractivity contribution < 1.29 is 60.4 Å². The third-order valence-electron chi connectivity index (χ3n) is 4.29. The van der Waals surface area contributed by atoms with Crippen LogP contribution in [0.3, 0.4) is 0 Å². The summed E-state index contributed by atoms with van der Waals surface area (Å²) in [6, 6.07) is 0. The monoisotopic (exact) mass is 434 g/mol. The minimum Gasteiger partial charge on any atom is -0.391 e. The number of halogens is 7. The molecule has 0 radical (unpaired) electrons. The van der Waals surface area contributed by atoms with Crippen molar-refractivity contribution in [3.05, 3.63) is 0 Å². The minimum atomic E-state index is -6.02. The zero-order valence-electron chi connectivity index (χ0n) is 15.3. The van der Waals surface area contributed by atoms with Crippen molar-refractivity contribution in [2.75, 3.05) is 59.2 Å². The van der Waals surface area contributed by atoms with Crippen LogP contribution in [0.15, 0.2) is 0 Å². The highest BCUT2D eigenvalue weighted by Gasteiger charge is 2.73. The van der Waals surface area contributed by atoms with Gasteiger partial charge in [0.05, 0.1) is 26.4 Å². The molecule has 0 aliphatic rings. The predicted octanol–water partition coefficient (Wildman–Crippen LogP) is 0.421. The summed E-state index contributed by atoms with van der Waals surface area (Å²) < 4.78 is 96.6. The molecule has 0 aliphatic heterocycles. The topological polar surface area (TPSA) is 90.2 Å². The lowest BCUT2D eigenvalue weighted by Gasteiger charge is -2.39. The van der Waals surface area contributed by atoms with Gasteiger partial charge in [-0.15, -0.1) is 0 Å². The van der Waals surface area contributed by atoms with Crippen LogP contribution in [-0.4, -0.2) is 114 Å². The lowest BCUT2D eigenvalue weighted by molar-refractivity contribution is -0.931. The van der Waals surface area contributed by atoms with Crippen molar-refractivity contribution in [1.82, 2.24) is 0 Å². The average Bonchev–Trinajstić information content (AvgIpc) is 2.54. The van der Waals surface area contributed by atoms with E-state index < -0.39 is 63.1 Å². The molecule has 6 nitrogen and oxygen atoms in total. The summed E-state index contributed by atoms with van der Waals surface area (Å²) >= 11 is 0. The maximum absolute atomic E-state index is 13.5. The molecule has 0 bridgehead atoms. The van der Waals surface area contributed by atoms with Gasteiger partial charge in [0.2, 0.25) is 0 Å². The SMILES string of the molecule is CC(F)C(F)(F)C(F)(F)C(F)(F)COCC(O)C[N+](CCO)(CCO)CCO. The normalized spacial score (nSPS) is 16.3. The quantitative estimate of drug-likeness (QED) is 0.222. The third kappa shape index (κ3) is 6.66. The number of rotatable bonds is 15. The first kappa shape index (κ1) is 27.3. The highest BCUT2D eigenvalue weighted by atomic mass is 19.3. The van der Waals surface area contributed by atoms with Gasteiger partial charge in [-0.25, -0.2) is 4.39 Å². The first-order valence-corrected chi connectivity index (χ1v) is 8.44. The van der Waals surface area contributed by atoms with Gasteiger partial charge in [0, 0.05) is 0 Å². The number of quaternary nitrogens is 1. The standard InChI is InChI=1S/C15H27F7NO5/c1-11(16)14(19,20)15(21,22)13(17,18)10-28-9-12(27)8-23(2-5-24,3-6-25)4-7-26/h11-12,24-27H,2-10H2,1H3/q+1. The van der Waals surface area contributed by atoms with Crippen molar-refractivity contribution in [3.63, 3.8) is 0 Å². The molecular formula is C15H27F7NO5+. The molecule has 0 amide bonds. The van der Waals surface area contributed by atoms with E-state index in [1.54, 1.807) is 0 Å². The first-order chi connectivity index (χ1) is 12.7. The molecule has 0 spiro atoms. The summed E-state index contributed by atoms with van der Waals surface area (Å²) in [5, 5.41) is 37.1. The Kier molecular flexibility index (Phi) is 10.6. The van der Waals surface area contributed by atoms with E-state index in [2.05, 4.69) is 4.74 Å². The van der Waals surface area contributed by atoms with E-state index in [-0.39, 0.29) is 37.6 Å². The highest BCUT2D eigenvalue weighted by molar-refractivity contribution is 4.99. The number of hydrogen-bond donors (Lipinski definition) is 4. The van der Waals surface area contributed by atoms with Gasteiger partial charge in [0.1, 0.15) is 38.9 Å². The molecule has 2 atom stereocenters. The van der Waals surface area contributed by atoms with E-state index in [1.807, 2.05) is 0 Å². The second kappa shape index (κ2) is 10.9. The second-order valence-electron chi connectivity index (χ2n) is 6.55. The Balaban J connectivity index is 4.96. The Labute approximate surface area is 157 Å². The van der Waals surface area contributed by atoms with Gasteiger partial charge in [0.15, 0.2) is 6.17 Å². The first-order valence-electron chi connectivity index (χ1n) is 8.44. The smallest absolute Gasteiger partial charge is 0.377 e. The molecule has 4 N–H and O–H groups in total. The van der Waals surface area contributed by atoms with Crippen LogP contribution in [0.25, 0.3) is 0 Å². The van der Waals surface area contributed by atoms with Crippen LogP contribution in [0.5, 0.6) is 0 Å². The maximum Gasteiger partial charge on any atom is 0.377 e. The zero-order valence-corrected chi connectivity index (χ0v) is 15.3. The number of ether oxygens (including phenoxy) is 1. The number of alkyl halides is 7. The molecular weight excluding hydrogens is 407 g/mol. The van der Waals surface area contributed by atoms with Crippen molar-refractivity contribution in [3.8, 4) is 0 Å². The summed E-state index contributed by atoms with van der Waals surface area (Å²) in [6.07, 6.45) is -5.10. The van der Waals surface area contributed by atoms with Gasteiger partial charge < -0.3 is 29.6 Å². The van der Waals surface area contributed by atoms with Crippen LogP contribution in [-0.2, 0) is 4.74 Å². The summed E-state index contributed by atoms with van der Waals surface area (Å²) in [5.74, 6) is -17.1. The Morgan fingerprint density at radius 3 is 1.68 bits per heavy atom. The Morgan fingerprint density at radius 1 is 0.893 bits per heavy atom. The molecule has 2 unspecified atom stereocenters. The van der Waals surface area contributed by atoms with Crippen molar-refractivity contribution >= 4 is 0 Å². The molecule has 13 heteroatoms. The van der Waals surface area contributed by atoms with Crippen LogP contribution in [0.2, 0.25) is 0 Å². The van der Waals surface area contributed by atoms with E-state index in [1.165, 1.54) is 0 Å². The Bertz CT molecular complexity index is 437. The number of aliphatic hydroxyl groups excluding tert-OH is 4.